The van der Waals surface area contributed by atoms with Crippen LogP contribution in [0.1, 0.15) is 12.0 Å². The molecule has 1 aromatic rings. The van der Waals surface area contributed by atoms with Crippen LogP contribution in [-0.4, -0.2) is 24.7 Å². The minimum absolute atomic E-state index is 0.0356. The van der Waals surface area contributed by atoms with Gasteiger partial charge in [-0.15, -0.1) is 0 Å². The van der Waals surface area contributed by atoms with Crippen molar-refractivity contribution in [2.24, 2.45) is 5.73 Å². The third kappa shape index (κ3) is 2.80. The van der Waals surface area contributed by atoms with Gasteiger partial charge in [0.15, 0.2) is 0 Å². The second-order valence-corrected chi connectivity index (χ2v) is 4.80. The molecular weight excluding hydrogens is 259 g/mol. The zero-order valence-electron chi connectivity index (χ0n) is 9.71. The van der Waals surface area contributed by atoms with Crippen molar-refractivity contribution in [3.8, 4) is 0 Å². The van der Waals surface area contributed by atoms with Gasteiger partial charge < -0.3 is 15.8 Å². The molecule has 18 heavy (non-hydrogen) atoms. The van der Waals surface area contributed by atoms with E-state index in [0.29, 0.717) is 13.0 Å². The Morgan fingerprint density at radius 3 is 3.00 bits per heavy atom. The van der Waals surface area contributed by atoms with E-state index in [4.69, 9.17) is 22.1 Å². The minimum Gasteiger partial charge on any atom is -0.379 e. The molecule has 1 unspecified atom stereocenters. The number of hydrogen-bond acceptors (Lipinski definition) is 3. The molecule has 6 heteroatoms. The predicted molar refractivity (Wildman–Crippen MR) is 65.6 cm³/mol. The fourth-order valence-electron chi connectivity index (χ4n) is 1.77. The van der Waals surface area contributed by atoms with E-state index in [2.05, 4.69) is 5.32 Å². The second-order valence-electron chi connectivity index (χ2n) is 4.39. The molecule has 0 aromatic heterocycles. The first-order chi connectivity index (χ1) is 8.51. The van der Waals surface area contributed by atoms with Crippen LogP contribution in [0.3, 0.4) is 0 Å². The highest BCUT2D eigenvalue weighted by Gasteiger charge is 2.37. The van der Waals surface area contributed by atoms with Crippen molar-refractivity contribution < 1.29 is 13.9 Å². The zero-order valence-corrected chi connectivity index (χ0v) is 10.5. The molecule has 1 fully saturated rings. The van der Waals surface area contributed by atoms with Gasteiger partial charge in [0.2, 0.25) is 5.91 Å². The lowest BCUT2D eigenvalue weighted by molar-refractivity contribution is -0.126. The predicted octanol–water partition coefficient (Wildman–Crippen LogP) is 1.21. The number of carbonyl (C=O) groups excluding carboxylic acids is 1. The SMILES string of the molecule is NC1(C(=O)NCc2ccc(F)c(Cl)c2)CCOC1. The highest BCUT2D eigenvalue weighted by molar-refractivity contribution is 6.30. The Bertz CT molecular complexity index is 461. The quantitative estimate of drug-likeness (QED) is 0.869. The Hall–Kier alpha value is -1.17. The van der Waals surface area contributed by atoms with Crippen LogP contribution in [0.5, 0.6) is 0 Å². The molecule has 0 saturated carbocycles. The van der Waals surface area contributed by atoms with Gasteiger partial charge in [-0.2, -0.15) is 0 Å². The van der Waals surface area contributed by atoms with Crippen molar-refractivity contribution in [3.63, 3.8) is 0 Å². The topological polar surface area (TPSA) is 64.4 Å². The van der Waals surface area contributed by atoms with Crippen molar-refractivity contribution in [1.82, 2.24) is 5.32 Å². The van der Waals surface area contributed by atoms with Gasteiger partial charge in [-0.25, -0.2) is 4.39 Å². The number of nitrogens with two attached hydrogens (primary N) is 1. The molecule has 1 aliphatic heterocycles. The highest BCUT2D eigenvalue weighted by Crippen LogP contribution is 2.17. The molecule has 1 saturated heterocycles. The van der Waals surface area contributed by atoms with E-state index in [1.165, 1.54) is 12.1 Å². The van der Waals surface area contributed by atoms with Crippen LogP contribution in [0.4, 0.5) is 4.39 Å². The fourth-order valence-corrected chi connectivity index (χ4v) is 1.97. The average molecular weight is 273 g/mol. The van der Waals surface area contributed by atoms with Gasteiger partial charge >= 0.3 is 0 Å². The molecule has 2 rings (SSSR count). The first-order valence-corrected chi connectivity index (χ1v) is 5.98. The van der Waals surface area contributed by atoms with Crippen molar-refractivity contribution in [2.45, 2.75) is 18.5 Å². The standard InChI is InChI=1S/C12H14ClFN2O2/c13-9-5-8(1-2-10(9)14)6-16-11(17)12(15)3-4-18-7-12/h1-2,5H,3-4,6-7,15H2,(H,16,17). The summed E-state index contributed by atoms with van der Waals surface area (Å²) < 4.78 is 18.1. The highest BCUT2D eigenvalue weighted by atomic mass is 35.5. The molecule has 0 radical (unpaired) electrons. The summed E-state index contributed by atoms with van der Waals surface area (Å²) in [6, 6.07) is 4.31. The molecule has 0 aliphatic carbocycles. The van der Waals surface area contributed by atoms with Crippen LogP contribution in [0.2, 0.25) is 5.02 Å². The van der Waals surface area contributed by atoms with E-state index < -0.39 is 11.4 Å². The van der Waals surface area contributed by atoms with E-state index >= 15 is 0 Å². The molecule has 0 bridgehead atoms. The Morgan fingerprint density at radius 2 is 2.39 bits per heavy atom. The molecular formula is C12H14ClFN2O2. The summed E-state index contributed by atoms with van der Waals surface area (Å²) >= 11 is 5.65. The molecule has 1 aliphatic rings. The molecule has 1 amide bonds. The maximum absolute atomic E-state index is 12.9. The molecule has 4 nitrogen and oxygen atoms in total. The Balaban J connectivity index is 1.95. The van der Waals surface area contributed by atoms with Crippen molar-refractivity contribution in [1.29, 1.82) is 0 Å². The van der Waals surface area contributed by atoms with Crippen LogP contribution in [0.25, 0.3) is 0 Å². The Kier molecular flexibility index (Phi) is 3.85. The fraction of sp³-hybridized carbons (Fsp3) is 0.417. The number of carbonyl (C=O) groups is 1. The first-order valence-electron chi connectivity index (χ1n) is 5.60. The summed E-state index contributed by atoms with van der Waals surface area (Å²) in [4.78, 5) is 11.9. The van der Waals surface area contributed by atoms with Crippen LogP contribution >= 0.6 is 11.6 Å². The van der Waals surface area contributed by atoms with Crippen molar-refractivity contribution in [3.05, 3.63) is 34.6 Å². The molecule has 0 spiro atoms. The number of halogens is 2. The smallest absolute Gasteiger partial charge is 0.242 e. The van der Waals surface area contributed by atoms with Crippen molar-refractivity contribution in [2.75, 3.05) is 13.2 Å². The normalized spacial score (nSPS) is 23.1. The van der Waals surface area contributed by atoms with Crippen LogP contribution in [0.15, 0.2) is 18.2 Å². The van der Waals surface area contributed by atoms with Gasteiger partial charge in [-0.05, 0) is 24.1 Å². The van der Waals surface area contributed by atoms with Gasteiger partial charge in [-0.1, -0.05) is 17.7 Å². The van der Waals surface area contributed by atoms with Crippen LogP contribution < -0.4 is 11.1 Å². The second kappa shape index (κ2) is 5.22. The third-order valence-electron chi connectivity index (χ3n) is 2.94. The number of ether oxygens (including phenoxy) is 1. The van der Waals surface area contributed by atoms with Gasteiger partial charge in [0.25, 0.3) is 0 Å². The average Bonchev–Trinajstić information content (AvgIpc) is 2.79. The zero-order chi connectivity index (χ0) is 13.2. The van der Waals surface area contributed by atoms with Crippen LogP contribution in [-0.2, 0) is 16.1 Å². The van der Waals surface area contributed by atoms with Gasteiger partial charge in [0.05, 0.1) is 11.6 Å². The van der Waals surface area contributed by atoms with Gasteiger partial charge in [0, 0.05) is 13.2 Å². The van der Waals surface area contributed by atoms with E-state index in [-0.39, 0.29) is 24.1 Å². The lowest BCUT2D eigenvalue weighted by Gasteiger charge is -2.20. The summed E-state index contributed by atoms with van der Waals surface area (Å²) in [6.45, 7) is 0.979. The maximum atomic E-state index is 12.9. The molecule has 1 aromatic carbocycles. The molecule has 98 valence electrons. The van der Waals surface area contributed by atoms with Crippen molar-refractivity contribution >= 4 is 17.5 Å². The van der Waals surface area contributed by atoms with E-state index in [1.807, 2.05) is 0 Å². The Morgan fingerprint density at radius 1 is 1.61 bits per heavy atom. The summed E-state index contributed by atoms with van der Waals surface area (Å²) in [7, 11) is 0. The first kappa shape index (κ1) is 13.3. The summed E-state index contributed by atoms with van der Waals surface area (Å²) in [5, 5.41) is 2.74. The van der Waals surface area contributed by atoms with Crippen LogP contribution in [0, 0.1) is 5.82 Å². The molecule has 1 heterocycles. The minimum atomic E-state index is -0.955. The lowest BCUT2D eigenvalue weighted by atomic mass is 9.99. The number of rotatable bonds is 3. The van der Waals surface area contributed by atoms with E-state index in [1.54, 1.807) is 6.07 Å². The van der Waals surface area contributed by atoms with Gasteiger partial charge in [0.1, 0.15) is 11.4 Å². The number of amides is 1. The summed E-state index contributed by atoms with van der Waals surface area (Å²) in [5.74, 6) is -0.744. The maximum Gasteiger partial charge on any atom is 0.242 e. The van der Waals surface area contributed by atoms with Gasteiger partial charge in [-0.3, -0.25) is 4.79 Å². The number of nitrogens with one attached hydrogen (secondary N) is 1. The largest absolute Gasteiger partial charge is 0.379 e. The number of hydrogen-bond donors (Lipinski definition) is 2. The summed E-state index contributed by atoms with van der Waals surface area (Å²) in [5.41, 5.74) is 5.66. The Labute approximate surface area is 109 Å². The molecule has 1 atom stereocenters. The number of benzene rings is 1. The third-order valence-corrected chi connectivity index (χ3v) is 3.23. The summed E-state index contributed by atoms with van der Waals surface area (Å²) in [6.07, 6.45) is 0.503. The molecule has 3 N–H and O–H groups in total. The monoisotopic (exact) mass is 272 g/mol. The lowest BCUT2D eigenvalue weighted by Crippen LogP contribution is -2.54. The van der Waals surface area contributed by atoms with E-state index in [9.17, 15) is 9.18 Å². The van der Waals surface area contributed by atoms with E-state index in [0.717, 1.165) is 5.56 Å².